The molecule has 0 bridgehead atoms. The average molecular weight is 314 g/mol. The number of hydrogen-bond acceptors (Lipinski definition) is 4. The van der Waals surface area contributed by atoms with Gasteiger partial charge in [0.2, 0.25) is 0 Å². The minimum Gasteiger partial charge on any atom is -0.497 e. The molecule has 0 aliphatic heterocycles. The zero-order chi connectivity index (χ0) is 16.7. The molecule has 2 aromatic rings. The highest BCUT2D eigenvalue weighted by Crippen LogP contribution is 2.15. The second-order valence-electron chi connectivity index (χ2n) is 5.26. The van der Waals surface area contributed by atoms with Gasteiger partial charge in [0.25, 0.3) is 5.91 Å². The molecule has 0 fully saturated rings. The molecule has 2 rings (SSSR count). The molecule has 0 saturated carbocycles. The number of benzene rings is 2. The Hall–Kier alpha value is -2.37. The first-order valence-corrected chi connectivity index (χ1v) is 7.50. The lowest BCUT2D eigenvalue weighted by Gasteiger charge is -2.21. The van der Waals surface area contributed by atoms with Gasteiger partial charge in [-0.15, -0.1) is 0 Å². The van der Waals surface area contributed by atoms with Crippen LogP contribution in [0.15, 0.2) is 54.6 Å². The number of methoxy groups -OCH3 is 1. The van der Waals surface area contributed by atoms with E-state index in [1.54, 1.807) is 31.4 Å². The number of carbonyl (C=O) groups is 1. The molecule has 0 aliphatic rings. The smallest absolute Gasteiger partial charge is 0.252 e. The van der Waals surface area contributed by atoms with E-state index < -0.39 is 6.10 Å². The Morgan fingerprint density at radius 1 is 1.17 bits per heavy atom. The van der Waals surface area contributed by atoms with Gasteiger partial charge in [-0.1, -0.05) is 36.4 Å². The van der Waals surface area contributed by atoms with Crippen LogP contribution in [-0.2, 0) is 0 Å². The molecule has 0 aliphatic carbocycles. The summed E-state index contributed by atoms with van der Waals surface area (Å²) in [7, 11) is 1.56. The van der Waals surface area contributed by atoms with Gasteiger partial charge in [-0.25, -0.2) is 0 Å². The molecule has 1 amide bonds. The molecular formula is C18H22N2O3. The molecule has 122 valence electrons. The number of rotatable bonds is 7. The van der Waals surface area contributed by atoms with Crippen LogP contribution in [0.1, 0.15) is 28.9 Å². The first-order chi connectivity index (χ1) is 11.1. The van der Waals surface area contributed by atoms with E-state index in [0.29, 0.717) is 11.3 Å². The summed E-state index contributed by atoms with van der Waals surface area (Å²) in [6.07, 6.45) is -0.634. The largest absolute Gasteiger partial charge is 0.497 e. The summed E-state index contributed by atoms with van der Waals surface area (Å²) >= 11 is 0. The Morgan fingerprint density at radius 2 is 1.91 bits per heavy atom. The predicted molar refractivity (Wildman–Crippen MR) is 89.3 cm³/mol. The highest BCUT2D eigenvalue weighted by atomic mass is 16.5. The van der Waals surface area contributed by atoms with Gasteiger partial charge < -0.3 is 15.2 Å². The van der Waals surface area contributed by atoms with Crippen molar-refractivity contribution in [2.24, 2.45) is 0 Å². The number of aliphatic hydroxyl groups is 1. The van der Waals surface area contributed by atoms with Crippen LogP contribution < -0.4 is 15.4 Å². The highest BCUT2D eigenvalue weighted by Gasteiger charge is 2.15. The summed E-state index contributed by atoms with van der Waals surface area (Å²) in [4.78, 5) is 12.1. The number of carbonyl (C=O) groups excluding carboxylic acids is 1. The van der Waals surface area contributed by atoms with Crippen LogP contribution in [0.5, 0.6) is 5.75 Å². The minimum atomic E-state index is -0.634. The van der Waals surface area contributed by atoms with Gasteiger partial charge in [0.1, 0.15) is 5.75 Å². The van der Waals surface area contributed by atoms with Gasteiger partial charge >= 0.3 is 0 Å². The maximum Gasteiger partial charge on any atom is 0.252 e. The lowest BCUT2D eigenvalue weighted by Crippen LogP contribution is -2.41. The van der Waals surface area contributed by atoms with Crippen molar-refractivity contribution < 1.29 is 14.6 Å². The Bertz CT molecular complexity index is 631. The maximum absolute atomic E-state index is 12.1. The molecule has 5 nitrogen and oxygen atoms in total. The molecule has 0 aromatic heterocycles. The van der Waals surface area contributed by atoms with Crippen LogP contribution in [0.4, 0.5) is 0 Å². The zero-order valence-electron chi connectivity index (χ0n) is 13.3. The van der Waals surface area contributed by atoms with Crippen LogP contribution in [-0.4, -0.2) is 30.8 Å². The summed E-state index contributed by atoms with van der Waals surface area (Å²) in [6.45, 7) is 2.14. The van der Waals surface area contributed by atoms with Crippen molar-refractivity contribution in [3.8, 4) is 5.75 Å². The fourth-order valence-corrected chi connectivity index (χ4v) is 2.21. The average Bonchev–Trinajstić information content (AvgIpc) is 2.61. The van der Waals surface area contributed by atoms with Crippen molar-refractivity contribution in [2.45, 2.75) is 19.1 Å². The number of aliphatic hydroxyl groups excluding tert-OH is 1. The van der Waals surface area contributed by atoms with E-state index >= 15 is 0 Å². The fraction of sp³-hybridized carbons (Fsp3) is 0.278. The zero-order valence-corrected chi connectivity index (χ0v) is 13.3. The normalized spacial score (nSPS) is 13.2. The van der Waals surface area contributed by atoms with E-state index in [-0.39, 0.29) is 18.6 Å². The van der Waals surface area contributed by atoms with Crippen molar-refractivity contribution in [3.63, 3.8) is 0 Å². The van der Waals surface area contributed by atoms with E-state index in [2.05, 4.69) is 10.6 Å². The number of nitrogens with one attached hydrogen (secondary N) is 2. The Labute approximate surface area is 136 Å². The van der Waals surface area contributed by atoms with Gasteiger partial charge in [0, 0.05) is 11.6 Å². The molecule has 0 spiro atoms. The quantitative estimate of drug-likeness (QED) is 0.685. The lowest BCUT2D eigenvalue weighted by molar-refractivity contribution is 0.0936. The topological polar surface area (TPSA) is 70.6 Å². The van der Waals surface area contributed by atoms with E-state index in [9.17, 15) is 9.90 Å². The van der Waals surface area contributed by atoms with Crippen molar-refractivity contribution in [1.29, 1.82) is 0 Å². The summed E-state index contributed by atoms with van der Waals surface area (Å²) in [5.41, 5.74) is 1.37. The molecule has 0 radical (unpaired) electrons. The van der Waals surface area contributed by atoms with Crippen LogP contribution in [0, 0.1) is 0 Å². The van der Waals surface area contributed by atoms with Crippen molar-refractivity contribution in [2.75, 3.05) is 13.8 Å². The monoisotopic (exact) mass is 314 g/mol. The van der Waals surface area contributed by atoms with Gasteiger partial charge in [-0.05, 0) is 30.7 Å². The maximum atomic E-state index is 12.1. The molecule has 0 heterocycles. The number of amides is 1. The second kappa shape index (κ2) is 8.31. The third kappa shape index (κ3) is 4.81. The summed E-state index contributed by atoms with van der Waals surface area (Å²) in [5.74, 6) is 0.441. The van der Waals surface area contributed by atoms with Crippen LogP contribution in [0.2, 0.25) is 0 Å². The molecule has 23 heavy (non-hydrogen) atoms. The van der Waals surface area contributed by atoms with E-state index in [0.717, 1.165) is 5.56 Å². The van der Waals surface area contributed by atoms with E-state index in [4.69, 9.17) is 4.74 Å². The first-order valence-electron chi connectivity index (χ1n) is 7.50. The number of hydrogen-bond donors (Lipinski definition) is 3. The van der Waals surface area contributed by atoms with Crippen molar-refractivity contribution in [1.82, 2.24) is 10.6 Å². The van der Waals surface area contributed by atoms with Crippen LogP contribution in [0.25, 0.3) is 0 Å². The Balaban J connectivity index is 1.83. The van der Waals surface area contributed by atoms with Crippen molar-refractivity contribution >= 4 is 5.91 Å². The predicted octanol–water partition coefficient (Wildman–Crippen LogP) is 2.09. The van der Waals surface area contributed by atoms with Crippen LogP contribution in [0.3, 0.4) is 0 Å². The molecular weight excluding hydrogens is 292 g/mol. The molecule has 2 atom stereocenters. The molecule has 5 heteroatoms. The molecule has 2 aromatic carbocycles. The third-order valence-electron chi connectivity index (χ3n) is 3.62. The minimum absolute atomic E-state index is 0.192. The Kier molecular flexibility index (Phi) is 6.14. The highest BCUT2D eigenvalue weighted by molar-refractivity contribution is 5.94. The molecule has 3 N–H and O–H groups in total. The SMILES string of the molecule is COc1cccc(C(=O)NCNC(C)C(O)c2ccccc2)c1. The second-order valence-corrected chi connectivity index (χ2v) is 5.26. The van der Waals surface area contributed by atoms with E-state index in [1.165, 1.54) is 0 Å². The summed E-state index contributed by atoms with van der Waals surface area (Å²) in [5, 5.41) is 16.1. The van der Waals surface area contributed by atoms with Gasteiger partial charge in [-0.2, -0.15) is 0 Å². The van der Waals surface area contributed by atoms with Gasteiger partial charge in [0.15, 0.2) is 0 Å². The standard InChI is InChI=1S/C18H22N2O3/c1-13(17(21)14-7-4-3-5-8-14)19-12-20-18(22)15-9-6-10-16(11-15)23-2/h3-11,13,17,19,21H,12H2,1-2H3,(H,20,22). The summed E-state index contributed by atoms with van der Waals surface area (Å²) < 4.78 is 5.10. The summed E-state index contributed by atoms with van der Waals surface area (Å²) in [6, 6.07) is 16.2. The first kappa shape index (κ1) is 17.0. The lowest BCUT2D eigenvalue weighted by atomic mass is 10.0. The molecule has 0 saturated heterocycles. The van der Waals surface area contributed by atoms with Gasteiger partial charge in [-0.3, -0.25) is 10.1 Å². The fourth-order valence-electron chi connectivity index (χ4n) is 2.21. The third-order valence-corrected chi connectivity index (χ3v) is 3.62. The van der Waals surface area contributed by atoms with E-state index in [1.807, 2.05) is 37.3 Å². The molecule has 2 unspecified atom stereocenters. The Morgan fingerprint density at radius 3 is 2.61 bits per heavy atom. The number of ether oxygens (including phenoxy) is 1. The van der Waals surface area contributed by atoms with Crippen LogP contribution >= 0.6 is 0 Å². The van der Waals surface area contributed by atoms with Gasteiger partial charge in [0.05, 0.1) is 19.9 Å². The van der Waals surface area contributed by atoms with Crippen molar-refractivity contribution in [3.05, 3.63) is 65.7 Å².